The van der Waals surface area contributed by atoms with E-state index in [1.165, 1.54) is 9.09 Å². The highest BCUT2D eigenvalue weighted by atomic mass is 32.2. The van der Waals surface area contributed by atoms with E-state index in [-0.39, 0.29) is 11.7 Å². The number of hydrazine groups is 1. The van der Waals surface area contributed by atoms with Gasteiger partial charge in [-0.15, -0.1) is 23.1 Å². The number of hydrogen-bond donors (Lipinski definition) is 1. The van der Waals surface area contributed by atoms with Gasteiger partial charge >= 0.3 is 0 Å². The second-order valence-electron chi connectivity index (χ2n) is 8.54. The first-order valence-corrected chi connectivity index (χ1v) is 13.1. The SMILES string of the molecule is CCSc1sc(CC)cc1[C@H]1C(C#N)=C(N)N(N(C)C)C2=C1C(=O)C[C@H](c1ccccc1)C2. The first-order chi connectivity index (χ1) is 15.9. The van der Waals surface area contributed by atoms with Gasteiger partial charge in [0.15, 0.2) is 5.78 Å². The van der Waals surface area contributed by atoms with Crippen LogP contribution in [0.15, 0.2) is 63.3 Å². The molecule has 172 valence electrons. The average molecular weight is 479 g/mol. The molecule has 0 unspecified atom stereocenters. The number of thioether (sulfide) groups is 1. The van der Waals surface area contributed by atoms with Crippen LogP contribution in [0, 0.1) is 11.3 Å². The Labute approximate surface area is 204 Å². The molecule has 1 aromatic heterocycles. The molecule has 33 heavy (non-hydrogen) atoms. The lowest BCUT2D eigenvalue weighted by molar-refractivity contribution is -0.117. The van der Waals surface area contributed by atoms with E-state index in [9.17, 15) is 10.1 Å². The number of hydrogen-bond acceptors (Lipinski definition) is 7. The van der Waals surface area contributed by atoms with Gasteiger partial charge in [0.25, 0.3) is 0 Å². The van der Waals surface area contributed by atoms with Crippen LogP contribution in [0.4, 0.5) is 0 Å². The number of carbonyl (C=O) groups excluding carboxylic acids is 1. The monoisotopic (exact) mass is 478 g/mol. The maximum atomic E-state index is 13.8. The second kappa shape index (κ2) is 9.76. The molecule has 0 fully saturated rings. The number of aryl methyl sites for hydroxylation is 1. The van der Waals surface area contributed by atoms with Gasteiger partial charge in [0.1, 0.15) is 5.82 Å². The van der Waals surface area contributed by atoms with Gasteiger partial charge in [-0.2, -0.15) is 5.26 Å². The molecular weight excluding hydrogens is 448 g/mol. The number of rotatable bonds is 6. The molecule has 0 radical (unpaired) electrons. The van der Waals surface area contributed by atoms with Crippen molar-refractivity contribution in [2.75, 3.05) is 19.8 Å². The topological polar surface area (TPSA) is 73.4 Å². The summed E-state index contributed by atoms with van der Waals surface area (Å²) in [6, 6.07) is 14.8. The number of thiophene rings is 1. The minimum absolute atomic E-state index is 0.0927. The molecule has 0 saturated heterocycles. The number of carbonyl (C=O) groups is 1. The van der Waals surface area contributed by atoms with E-state index in [0.29, 0.717) is 24.2 Å². The second-order valence-corrected chi connectivity index (χ2v) is 11.2. The van der Waals surface area contributed by atoms with Crippen LogP contribution in [0.3, 0.4) is 0 Å². The summed E-state index contributed by atoms with van der Waals surface area (Å²) in [6.07, 6.45) is 2.08. The Morgan fingerprint density at radius 2 is 1.97 bits per heavy atom. The molecule has 7 heteroatoms. The zero-order valence-corrected chi connectivity index (χ0v) is 21.2. The van der Waals surface area contributed by atoms with E-state index < -0.39 is 5.92 Å². The van der Waals surface area contributed by atoms with E-state index in [0.717, 1.165) is 34.6 Å². The van der Waals surface area contributed by atoms with Gasteiger partial charge in [-0.3, -0.25) is 9.80 Å². The van der Waals surface area contributed by atoms with Crippen LogP contribution in [0.25, 0.3) is 0 Å². The number of allylic oxidation sites excluding steroid dienone is 3. The summed E-state index contributed by atoms with van der Waals surface area (Å²) in [4.78, 5) is 15.1. The predicted octanol–water partition coefficient (Wildman–Crippen LogP) is 5.39. The fourth-order valence-corrected chi connectivity index (χ4v) is 7.28. The number of benzene rings is 1. The average Bonchev–Trinajstić information content (AvgIpc) is 3.21. The fraction of sp³-hybridized carbons (Fsp3) is 0.385. The normalized spacial score (nSPS) is 21.0. The summed E-state index contributed by atoms with van der Waals surface area (Å²) < 4.78 is 1.18. The highest BCUT2D eigenvalue weighted by Crippen LogP contribution is 2.51. The van der Waals surface area contributed by atoms with E-state index in [1.54, 1.807) is 23.1 Å². The third-order valence-corrected chi connectivity index (χ3v) is 8.80. The molecule has 1 aliphatic heterocycles. The number of nitriles is 1. The van der Waals surface area contributed by atoms with E-state index in [2.05, 4.69) is 38.1 Å². The number of nitrogens with two attached hydrogens (primary N) is 1. The Hall–Kier alpha value is -2.53. The summed E-state index contributed by atoms with van der Waals surface area (Å²) in [7, 11) is 3.81. The Bertz CT molecular complexity index is 1160. The van der Waals surface area contributed by atoms with Gasteiger partial charge < -0.3 is 5.73 Å². The molecule has 4 rings (SSSR count). The summed E-state index contributed by atoms with van der Waals surface area (Å²) in [6.45, 7) is 4.27. The van der Waals surface area contributed by atoms with Gasteiger partial charge in [0.05, 0.1) is 21.8 Å². The molecule has 2 N–H and O–H groups in total. The molecule has 0 saturated carbocycles. The maximum Gasteiger partial charge on any atom is 0.162 e. The lowest BCUT2D eigenvalue weighted by Gasteiger charge is -2.43. The minimum atomic E-state index is -0.406. The largest absolute Gasteiger partial charge is 0.383 e. The molecule has 0 bridgehead atoms. The van der Waals surface area contributed by atoms with Crippen LogP contribution in [0.5, 0.6) is 0 Å². The summed E-state index contributed by atoms with van der Waals surface area (Å²) in [5.41, 5.74) is 11.0. The van der Waals surface area contributed by atoms with E-state index in [4.69, 9.17) is 5.73 Å². The Balaban J connectivity index is 1.92. The standard InChI is InChI=1S/C26H30N4OS2/c1-5-18-14-19(26(33-18)32-6-2)23-20(15-27)25(28)30(29(3)4)21-12-17(13-22(31)24(21)23)16-10-8-7-9-11-16/h7-11,14,17,23H,5-6,12-13,28H2,1-4H3/t17-,23+/m1/s1. The van der Waals surface area contributed by atoms with Crippen molar-refractivity contribution in [3.63, 3.8) is 0 Å². The zero-order valence-electron chi connectivity index (χ0n) is 19.6. The smallest absolute Gasteiger partial charge is 0.162 e. The molecule has 2 atom stereocenters. The lowest BCUT2D eigenvalue weighted by Crippen LogP contribution is -2.46. The molecular formula is C26H30N4OS2. The van der Waals surface area contributed by atoms with Crippen molar-refractivity contribution in [1.29, 1.82) is 5.26 Å². The highest BCUT2D eigenvalue weighted by Gasteiger charge is 2.44. The van der Waals surface area contributed by atoms with Crippen LogP contribution in [0.2, 0.25) is 0 Å². The first-order valence-electron chi connectivity index (χ1n) is 11.3. The zero-order chi connectivity index (χ0) is 23.7. The fourth-order valence-electron chi connectivity index (χ4n) is 4.90. The van der Waals surface area contributed by atoms with Gasteiger partial charge in [-0.05, 0) is 41.7 Å². The minimum Gasteiger partial charge on any atom is -0.383 e. The van der Waals surface area contributed by atoms with Crippen molar-refractivity contribution < 1.29 is 4.79 Å². The van der Waals surface area contributed by atoms with Gasteiger partial charge in [-0.1, -0.05) is 44.2 Å². The van der Waals surface area contributed by atoms with Gasteiger partial charge in [-0.25, -0.2) is 5.01 Å². The molecule has 1 aliphatic carbocycles. The number of nitrogens with zero attached hydrogens (tertiary/aromatic N) is 3. The van der Waals surface area contributed by atoms with Crippen molar-refractivity contribution in [3.05, 3.63) is 75.1 Å². The van der Waals surface area contributed by atoms with Crippen LogP contribution in [-0.4, -0.2) is 35.6 Å². The van der Waals surface area contributed by atoms with Gasteiger partial charge in [0, 0.05) is 36.7 Å². The summed E-state index contributed by atoms with van der Waals surface area (Å²) >= 11 is 3.55. The molecule has 1 aromatic carbocycles. The quantitative estimate of drug-likeness (QED) is 0.561. The summed E-state index contributed by atoms with van der Waals surface area (Å²) in [5.74, 6) is 1.15. The van der Waals surface area contributed by atoms with Crippen LogP contribution >= 0.6 is 23.1 Å². The number of ketones is 1. The highest BCUT2D eigenvalue weighted by molar-refractivity contribution is 8.01. The van der Waals surface area contributed by atoms with Crippen molar-refractivity contribution in [2.24, 2.45) is 5.73 Å². The molecule has 2 aliphatic rings. The number of Topliss-reactive ketones (excluding diaryl/α,β-unsaturated/α-hetero) is 1. The van der Waals surface area contributed by atoms with Crippen LogP contribution in [0.1, 0.15) is 54.5 Å². The summed E-state index contributed by atoms with van der Waals surface area (Å²) in [5, 5.41) is 14.0. The van der Waals surface area contributed by atoms with Gasteiger partial charge in [0.2, 0.25) is 0 Å². The first kappa shape index (κ1) is 23.6. The van der Waals surface area contributed by atoms with Crippen molar-refractivity contribution >= 4 is 28.9 Å². The Kier molecular flexibility index (Phi) is 6.99. The Morgan fingerprint density at radius 1 is 1.24 bits per heavy atom. The van der Waals surface area contributed by atoms with Crippen LogP contribution in [-0.2, 0) is 11.2 Å². The van der Waals surface area contributed by atoms with E-state index in [1.807, 2.05) is 42.3 Å². The van der Waals surface area contributed by atoms with Crippen LogP contribution < -0.4 is 5.73 Å². The molecule has 0 amide bonds. The molecule has 0 spiro atoms. The molecule has 2 heterocycles. The van der Waals surface area contributed by atoms with E-state index >= 15 is 0 Å². The van der Waals surface area contributed by atoms with Crippen molar-refractivity contribution in [1.82, 2.24) is 10.0 Å². The third-order valence-electron chi connectivity index (χ3n) is 6.32. The maximum absolute atomic E-state index is 13.8. The Morgan fingerprint density at radius 3 is 2.58 bits per heavy atom. The predicted molar refractivity (Wildman–Crippen MR) is 136 cm³/mol. The van der Waals surface area contributed by atoms with Crippen molar-refractivity contribution in [3.8, 4) is 6.07 Å². The molecule has 2 aromatic rings. The third kappa shape index (κ3) is 4.23. The molecule has 5 nitrogen and oxygen atoms in total. The lowest BCUT2D eigenvalue weighted by atomic mass is 9.72. The van der Waals surface area contributed by atoms with Crippen molar-refractivity contribution in [2.45, 2.75) is 49.2 Å².